The Bertz CT molecular complexity index is 367. The highest BCUT2D eigenvalue weighted by Gasteiger charge is 2.14. The molecule has 0 saturated carbocycles. The van der Waals surface area contributed by atoms with Gasteiger partial charge in [0.1, 0.15) is 0 Å². The Hall–Kier alpha value is -1.18. The molecule has 0 bridgehead atoms. The van der Waals surface area contributed by atoms with Crippen molar-refractivity contribution >= 4 is 22.4 Å². The minimum absolute atomic E-state index is 0.0231. The quantitative estimate of drug-likeness (QED) is 0.502. The zero-order valence-electron chi connectivity index (χ0n) is 10.4. The Morgan fingerprint density at radius 3 is 2.94 bits per heavy atom. The Morgan fingerprint density at radius 1 is 1.71 bits per heavy atom. The summed E-state index contributed by atoms with van der Waals surface area (Å²) in [6.07, 6.45) is 1.79. The number of hydrogen-bond donors (Lipinski definition) is 3. The summed E-state index contributed by atoms with van der Waals surface area (Å²) in [5, 5.41) is 3.35. The Morgan fingerprint density at radius 2 is 2.41 bits per heavy atom. The second-order valence-electron chi connectivity index (χ2n) is 3.99. The molecule has 0 radical (unpaired) electrons. The lowest BCUT2D eigenvalue weighted by molar-refractivity contribution is -0.124. The van der Waals surface area contributed by atoms with Crippen LogP contribution in [-0.2, 0) is 11.3 Å². The maximum absolute atomic E-state index is 11.4. The summed E-state index contributed by atoms with van der Waals surface area (Å²) in [6, 6.07) is 0. The fraction of sp³-hybridized carbons (Fsp3) is 0.600. The van der Waals surface area contributed by atoms with E-state index in [4.69, 9.17) is 5.84 Å². The Labute approximate surface area is 105 Å². The van der Waals surface area contributed by atoms with Gasteiger partial charge in [-0.25, -0.2) is 10.8 Å². The number of nitrogen functional groups attached to an aromatic ring is 1. The molecular weight excluding hydrogens is 238 g/mol. The Kier molecular flexibility index (Phi) is 5.33. The summed E-state index contributed by atoms with van der Waals surface area (Å²) in [6.45, 7) is 3.39. The second kappa shape index (κ2) is 6.53. The molecule has 0 saturated heterocycles. The van der Waals surface area contributed by atoms with Crippen LogP contribution >= 0.6 is 11.3 Å². The number of carbonyl (C=O) groups excluding carboxylic acids is 1. The predicted octanol–water partition coefficient (Wildman–Crippen LogP) is 0.243. The van der Waals surface area contributed by atoms with Crippen molar-refractivity contribution in [2.45, 2.75) is 13.5 Å². The SMILES string of the molecule is CNC(=O)C(C)CN(C)Cc1cnc(NN)s1. The molecule has 17 heavy (non-hydrogen) atoms. The minimum atomic E-state index is -0.0231. The number of amides is 1. The molecule has 1 atom stereocenters. The van der Waals surface area contributed by atoms with Gasteiger partial charge in [0.15, 0.2) is 5.13 Å². The van der Waals surface area contributed by atoms with E-state index in [1.165, 1.54) is 11.3 Å². The molecule has 0 aliphatic carbocycles. The van der Waals surface area contributed by atoms with Crippen LogP contribution in [0.1, 0.15) is 11.8 Å². The third-order valence-corrected chi connectivity index (χ3v) is 3.30. The van der Waals surface area contributed by atoms with Crippen molar-refractivity contribution in [3.63, 3.8) is 0 Å². The molecular formula is C10H19N5OS. The number of rotatable bonds is 6. The number of nitrogens with zero attached hydrogens (tertiary/aromatic N) is 2. The summed E-state index contributed by atoms with van der Waals surface area (Å²) in [4.78, 5) is 18.7. The molecule has 1 unspecified atom stereocenters. The Balaban J connectivity index is 2.43. The first-order chi connectivity index (χ1) is 8.06. The third-order valence-electron chi connectivity index (χ3n) is 2.38. The van der Waals surface area contributed by atoms with E-state index in [0.29, 0.717) is 11.7 Å². The summed E-state index contributed by atoms with van der Waals surface area (Å²) in [7, 11) is 3.63. The van der Waals surface area contributed by atoms with Crippen LogP contribution in [0.15, 0.2) is 6.20 Å². The summed E-state index contributed by atoms with van der Waals surface area (Å²) in [5.74, 6) is 5.30. The molecule has 0 aliphatic heterocycles. The summed E-state index contributed by atoms with van der Waals surface area (Å²) < 4.78 is 0. The lowest BCUT2D eigenvalue weighted by Crippen LogP contribution is -2.34. The predicted molar refractivity (Wildman–Crippen MR) is 69.5 cm³/mol. The molecule has 0 aliphatic rings. The average Bonchev–Trinajstić information content (AvgIpc) is 2.75. The zero-order chi connectivity index (χ0) is 12.8. The number of hydrogen-bond acceptors (Lipinski definition) is 6. The molecule has 1 aromatic heterocycles. The maximum atomic E-state index is 11.4. The van der Waals surface area contributed by atoms with Crippen molar-refractivity contribution in [3.8, 4) is 0 Å². The normalized spacial score (nSPS) is 12.5. The molecule has 7 heteroatoms. The highest BCUT2D eigenvalue weighted by Crippen LogP contribution is 2.18. The fourth-order valence-electron chi connectivity index (χ4n) is 1.57. The van der Waals surface area contributed by atoms with Crippen LogP contribution in [0, 0.1) is 5.92 Å². The van der Waals surface area contributed by atoms with Crippen molar-refractivity contribution in [1.29, 1.82) is 0 Å². The number of hydrazine groups is 1. The summed E-state index contributed by atoms with van der Waals surface area (Å²) >= 11 is 1.51. The number of nitrogens with two attached hydrogens (primary N) is 1. The van der Waals surface area contributed by atoms with Gasteiger partial charge in [-0.2, -0.15) is 0 Å². The fourth-order valence-corrected chi connectivity index (χ4v) is 2.38. The van der Waals surface area contributed by atoms with Crippen molar-refractivity contribution in [1.82, 2.24) is 15.2 Å². The van der Waals surface area contributed by atoms with E-state index < -0.39 is 0 Å². The molecule has 1 amide bonds. The van der Waals surface area contributed by atoms with Crippen molar-refractivity contribution < 1.29 is 4.79 Å². The van der Waals surface area contributed by atoms with E-state index in [-0.39, 0.29) is 11.8 Å². The van der Waals surface area contributed by atoms with Gasteiger partial charge in [-0.15, -0.1) is 0 Å². The van der Waals surface area contributed by atoms with Gasteiger partial charge < -0.3 is 10.2 Å². The number of anilines is 1. The lowest BCUT2D eigenvalue weighted by Gasteiger charge is -2.19. The molecule has 1 heterocycles. The van der Waals surface area contributed by atoms with Crippen LogP contribution in [0.25, 0.3) is 0 Å². The first-order valence-electron chi connectivity index (χ1n) is 5.38. The van der Waals surface area contributed by atoms with Crippen molar-refractivity contribution in [2.75, 3.05) is 26.1 Å². The van der Waals surface area contributed by atoms with Gasteiger partial charge >= 0.3 is 0 Å². The van der Waals surface area contributed by atoms with Crippen LogP contribution in [0.3, 0.4) is 0 Å². The van der Waals surface area contributed by atoms with Crippen LogP contribution in [0.4, 0.5) is 5.13 Å². The second-order valence-corrected chi connectivity index (χ2v) is 5.10. The molecule has 96 valence electrons. The van der Waals surface area contributed by atoms with E-state index in [1.54, 1.807) is 13.2 Å². The van der Waals surface area contributed by atoms with E-state index in [0.717, 1.165) is 11.4 Å². The van der Waals surface area contributed by atoms with Crippen molar-refractivity contribution in [2.24, 2.45) is 11.8 Å². The van der Waals surface area contributed by atoms with Crippen LogP contribution in [0.2, 0.25) is 0 Å². The maximum Gasteiger partial charge on any atom is 0.223 e. The summed E-state index contributed by atoms with van der Waals surface area (Å²) in [5.41, 5.74) is 2.51. The topological polar surface area (TPSA) is 83.3 Å². The number of thiazole rings is 1. The van der Waals surface area contributed by atoms with E-state index in [9.17, 15) is 4.79 Å². The number of nitrogens with one attached hydrogen (secondary N) is 2. The van der Waals surface area contributed by atoms with E-state index >= 15 is 0 Å². The van der Waals surface area contributed by atoms with E-state index in [1.807, 2.05) is 14.0 Å². The standard InChI is InChI=1S/C10H19N5OS/c1-7(9(16)12-2)5-15(3)6-8-4-13-10(14-11)17-8/h4,7H,5-6,11H2,1-3H3,(H,12,16)(H,13,14). The van der Waals surface area contributed by atoms with Crippen LogP contribution in [0.5, 0.6) is 0 Å². The van der Waals surface area contributed by atoms with Gasteiger partial charge in [0.25, 0.3) is 0 Å². The number of carbonyl (C=O) groups is 1. The smallest absolute Gasteiger partial charge is 0.223 e. The zero-order valence-corrected chi connectivity index (χ0v) is 11.2. The van der Waals surface area contributed by atoms with Gasteiger partial charge in [-0.3, -0.25) is 10.2 Å². The molecule has 1 aromatic rings. The van der Waals surface area contributed by atoms with Gasteiger partial charge in [-0.1, -0.05) is 18.3 Å². The highest BCUT2D eigenvalue weighted by molar-refractivity contribution is 7.15. The van der Waals surface area contributed by atoms with Gasteiger partial charge in [0, 0.05) is 37.1 Å². The van der Waals surface area contributed by atoms with Crippen molar-refractivity contribution in [3.05, 3.63) is 11.1 Å². The molecule has 0 spiro atoms. The van der Waals surface area contributed by atoms with Gasteiger partial charge in [-0.05, 0) is 7.05 Å². The lowest BCUT2D eigenvalue weighted by atomic mass is 10.1. The minimum Gasteiger partial charge on any atom is -0.359 e. The molecule has 0 fully saturated rings. The average molecular weight is 257 g/mol. The monoisotopic (exact) mass is 257 g/mol. The molecule has 1 rings (SSSR count). The van der Waals surface area contributed by atoms with Gasteiger partial charge in [0.05, 0.1) is 0 Å². The molecule has 4 N–H and O–H groups in total. The number of aromatic nitrogens is 1. The first-order valence-corrected chi connectivity index (χ1v) is 6.20. The van der Waals surface area contributed by atoms with E-state index in [2.05, 4.69) is 20.6 Å². The molecule has 6 nitrogen and oxygen atoms in total. The first kappa shape index (κ1) is 13.9. The van der Waals surface area contributed by atoms with Crippen LogP contribution in [-0.4, -0.2) is 36.4 Å². The highest BCUT2D eigenvalue weighted by atomic mass is 32.1. The molecule has 0 aromatic carbocycles. The van der Waals surface area contributed by atoms with Gasteiger partial charge in [0.2, 0.25) is 5.91 Å². The third kappa shape index (κ3) is 4.29. The van der Waals surface area contributed by atoms with Crippen LogP contribution < -0.4 is 16.6 Å². The largest absolute Gasteiger partial charge is 0.359 e.